The molecule has 5 nitrogen and oxygen atoms in total. The van der Waals surface area contributed by atoms with Gasteiger partial charge in [0.25, 0.3) is 0 Å². The lowest BCUT2D eigenvalue weighted by atomic mass is 10.1. The molecular weight excluding hydrogens is 242 g/mol. The summed E-state index contributed by atoms with van der Waals surface area (Å²) >= 11 is 0. The second-order valence-electron chi connectivity index (χ2n) is 4.54. The number of benzene rings is 1. The minimum Gasteiger partial charge on any atom is -0.360 e. The number of nitrogens with zero attached hydrogens (tertiary/aromatic N) is 1. The number of carbonyl (C=O) groups is 1. The summed E-state index contributed by atoms with van der Waals surface area (Å²) < 4.78 is 4.90. The molecule has 2 N–H and O–H groups in total. The van der Waals surface area contributed by atoms with E-state index >= 15 is 0 Å². The molecule has 0 unspecified atom stereocenters. The first kappa shape index (κ1) is 13.1. The number of anilines is 2. The fourth-order valence-corrected chi connectivity index (χ4v) is 1.77. The molecule has 0 aliphatic carbocycles. The van der Waals surface area contributed by atoms with Crippen LogP contribution in [0.3, 0.4) is 0 Å². The first-order valence-corrected chi connectivity index (χ1v) is 6.09. The molecule has 0 fully saturated rings. The van der Waals surface area contributed by atoms with Crippen LogP contribution in [0.5, 0.6) is 0 Å². The monoisotopic (exact) mass is 259 g/mol. The number of rotatable bonds is 4. The van der Waals surface area contributed by atoms with Crippen molar-refractivity contribution in [2.75, 3.05) is 17.2 Å². The predicted octanol–water partition coefficient (Wildman–Crippen LogP) is 2.65. The minimum absolute atomic E-state index is 0.118. The van der Waals surface area contributed by atoms with Gasteiger partial charge in [-0.05, 0) is 32.4 Å². The Morgan fingerprint density at radius 3 is 2.68 bits per heavy atom. The number of aromatic nitrogens is 1. The predicted molar refractivity (Wildman–Crippen MR) is 74.3 cm³/mol. The van der Waals surface area contributed by atoms with Crippen molar-refractivity contribution in [3.05, 3.63) is 41.2 Å². The average molecular weight is 259 g/mol. The number of carbonyl (C=O) groups excluding carboxylic acids is 1. The van der Waals surface area contributed by atoms with E-state index in [-0.39, 0.29) is 12.5 Å². The van der Waals surface area contributed by atoms with Crippen molar-refractivity contribution < 1.29 is 9.32 Å². The second kappa shape index (κ2) is 5.56. The molecule has 2 rings (SSSR count). The quantitative estimate of drug-likeness (QED) is 0.885. The zero-order valence-corrected chi connectivity index (χ0v) is 11.3. The number of aryl methyl sites for hydroxylation is 3. The zero-order chi connectivity index (χ0) is 13.8. The van der Waals surface area contributed by atoms with E-state index in [4.69, 9.17) is 4.52 Å². The highest BCUT2D eigenvalue weighted by Crippen LogP contribution is 2.15. The fraction of sp³-hybridized carbons (Fsp3) is 0.286. The number of hydrogen-bond acceptors (Lipinski definition) is 4. The Hall–Kier alpha value is -2.30. The van der Waals surface area contributed by atoms with E-state index in [0.717, 1.165) is 11.3 Å². The molecule has 0 saturated carbocycles. The molecule has 0 atom stereocenters. The van der Waals surface area contributed by atoms with Crippen LogP contribution in [0.15, 0.2) is 28.8 Å². The second-order valence-corrected chi connectivity index (χ2v) is 4.54. The van der Waals surface area contributed by atoms with Gasteiger partial charge in [-0.25, -0.2) is 0 Å². The van der Waals surface area contributed by atoms with Crippen molar-refractivity contribution in [3.63, 3.8) is 0 Å². The summed E-state index contributed by atoms with van der Waals surface area (Å²) in [4.78, 5) is 11.8. The van der Waals surface area contributed by atoms with Gasteiger partial charge >= 0.3 is 0 Å². The van der Waals surface area contributed by atoms with Crippen LogP contribution in [0.25, 0.3) is 0 Å². The summed E-state index contributed by atoms with van der Waals surface area (Å²) in [6.07, 6.45) is 0. The molecule has 2 aromatic rings. The summed E-state index contributed by atoms with van der Waals surface area (Å²) in [5.74, 6) is 1.15. The third-order valence-electron chi connectivity index (χ3n) is 2.71. The third kappa shape index (κ3) is 3.58. The Bertz CT molecular complexity index is 590. The smallest absolute Gasteiger partial charge is 0.243 e. The van der Waals surface area contributed by atoms with Crippen LogP contribution in [0.2, 0.25) is 0 Å². The van der Waals surface area contributed by atoms with Gasteiger partial charge in [-0.3, -0.25) is 4.79 Å². The summed E-state index contributed by atoms with van der Waals surface area (Å²) in [6.45, 7) is 5.94. The number of nitrogens with one attached hydrogen (secondary N) is 2. The molecule has 0 spiro atoms. The Balaban J connectivity index is 1.90. The van der Waals surface area contributed by atoms with Crippen LogP contribution >= 0.6 is 0 Å². The molecule has 0 saturated heterocycles. The van der Waals surface area contributed by atoms with Crippen LogP contribution in [0.4, 0.5) is 11.5 Å². The Morgan fingerprint density at radius 2 is 2.05 bits per heavy atom. The van der Waals surface area contributed by atoms with E-state index in [2.05, 4.69) is 15.8 Å². The van der Waals surface area contributed by atoms with Gasteiger partial charge in [0.15, 0.2) is 5.82 Å². The standard InChI is InChI=1S/C14H17N3O2/c1-9-4-5-12(10(2)6-9)16-14(18)8-15-13-7-11(3)19-17-13/h4-7H,8H2,1-3H3,(H,15,17)(H,16,18). The highest BCUT2D eigenvalue weighted by atomic mass is 16.5. The van der Waals surface area contributed by atoms with Crippen LogP contribution < -0.4 is 10.6 Å². The maximum Gasteiger partial charge on any atom is 0.243 e. The van der Waals surface area contributed by atoms with E-state index in [1.54, 1.807) is 13.0 Å². The van der Waals surface area contributed by atoms with E-state index in [1.165, 1.54) is 5.56 Å². The van der Waals surface area contributed by atoms with E-state index < -0.39 is 0 Å². The van der Waals surface area contributed by atoms with Gasteiger partial charge in [-0.1, -0.05) is 22.9 Å². The van der Waals surface area contributed by atoms with Gasteiger partial charge in [0.1, 0.15) is 5.76 Å². The molecule has 5 heteroatoms. The van der Waals surface area contributed by atoms with Gasteiger partial charge in [0.2, 0.25) is 5.91 Å². The third-order valence-corrected chi connectivity index (χ3v) is 2.71. The van der Waals surface area contributed by atoms with E-state index in [9.17, 15) is 4.79 Å². The highest BCUT2D eigenvalue weighted by Gasteiger charge is 2.06. The molecule has 1 aromatic heterocycles. The van der Waals surface area contributed by atoms with Gasteiger partial charge < -0.3 is 15.2 Å². The molecule has 1 heterocycles. The molecule has 0 aliphatic heterocycles. The molecule has 19 heavy (non-hydrogen) atoms. The Kier molecular flexibility index (Phi) is 3.85. The van der Waals surface area contributed by atoms with Crippen molar-refractivity contribution in [1.29, 1.82) is 0 Å². The van der Waals surface area contributed by atoms with Crippen molar-refractivity contribution >= 4 is 17.4 Å². The van der Waals surface area contributed by atoms with Gasteiger partial charge in [-0.2, -0.15) is 0 Å². The molecular formula is C14H17N3O2. The van der Waals surface area contributed by atoms with Crippen molar-refractivity contribution in [2.24, 2.45) is 0 Å². The summed E-state index contributed by atoms with van der Waals surface area (Å²) in [7, 11) is 0. The Labute approximate surface area is 112 Å². The summed E-state index contributed by atoms with van der Waals surface area (Å²) in [5, 5.41) is 9.51. The SMILES string of the molecule is Cc1ccc(NC(=O)CNc2cc(C)on2)c(C)c1. The van der Waals surface area contributed by atoms with Crippen LogP contribution in [-0.4, -0.2) is 17.6 Å². The summed E-state index contributed by atoms with van der Waals surface area (Å²) in [5.41, 5.74) is 3.05. The lowest BCUT2D eigenvalue weighted by Crippen LogP contribution is -2.22. The molecule has 0 aliphatic rings. The first-order valence-electron chi connectivity index (χ1n) is 6.09. The van der Waals surface area contributed by atoms with Crippen LogP contribution in [-0.2, 0) is 4.79 Å². The molecule has 1 aromatic carbocycles. The average Bonchev–Trinajstić information content (AvgIpc) is 2.76. The zero-order valence-electron chi connectivity index (χ0n) is 11.3. The number of hydrogen-bond donors (Lipinski definition) is 2. The molecule has 0 radical (unpaired) electrons. The van der Waals surface area contributed by atoms with Gasteiger partial charge in [0.05, 0.1) is 6.54 Å². The maximum atomic E-state index is 11.8. The van der Waals surface area contributed by atoms with Crippen molar-refractivity contribution in [1.82, 2.24) is 5.16 Å². The largest absolute Gasteiger partial charge is 0.360 e. The Morgan fingerprint density at radius 1 is 1.26 bits per heavy atom. The highest BCUT2D eigenvalue weighted by molar-refractivity contribution is 5.94. The molecule has 0 bridgehead atoms. The maximum absolute atomic E-state index is 11.8. The van der Waals surface area contributed by atoms with E-state index in [0.29, 0.717) is 11.6 Å². The lowest BCUT2D eigenvalue weighted by Gasteiger charge is -2.09. The summed E-state index contributed by atoms with van der Waals surface area (Å²) in [6, 6.07) is 7.65. The topological polar surface area (TPSA) is 67.2 Å². The lowest BCUT2D eigenvalue weighted by molar-refractivity contribution is -0.114. The van der Waals surface area contributed by atoms with Crippen LogP contribution in [0, 0.1) is 20.8 Å². The number of amides is 1. The normalized spacial score (nSPS) is 10.3. The van der Waals surface area contributed by atoms with Crippen molar-refractivity contribution in [2.45, 2.75) is 20.8 Å². The van der Waals surface area contributed by atoms with Crippen LogP contribution in [0.1, 0.15) is 16.9 Å². The van der Waals surface area contributed by atoms with E-state index in [1.807, 2.05) is 32.0 Å². The molecule has 100 valence electrons. The van der Waals surface area contributed by atoms with Gasteiger partial charge in [-0.15, -0.1) is 0 Å². The molecule has 1 amide bonds. The first-order chi connectivity index (χ1) is 9.04. The fourth-order valence-electron chi connectivity index (χ4n) is 1.77. The van der Waals surface area contributed by atoms with Gasteiger partial charge in [0, 0.05) is 11.8 Å². The minimum atomic E-state index is -0.118. The van der Waals surface area contributed by atoms with Crippen molar-refractivity contribution in [3.8, 4) is 0 Å².